The molecule has 2 N–H and O–H groups in total. The molecule has 2 rings (SSSR count). The topological polar surface area (TPSA) is 45.1 Å². The number of aliphatic hydroxyl groups excluding tert-OH is 1. The second kappa shape index (κ2) is 6.47. The molecule has 0 radical (unpaired) electrons. The van der Waals surface area contributed by atoms with Crippen molar-refractivity contribution in [2.24, 2.45) is 5.92 Å². The Hall–Kier alpha value is -1.45. The molecule has 1 heterocycles. The van der Waals surface area contributed by atoms with E-state index in [0.717, 1.165) is 25.0 Å². The quantitative estimate of drug-likeness (QED) is 0.820. The van der Waals surface area contributed by atoms with Gasteiger partial charge in [0.2, 0.25) is 0 Å². The third-order valence-corrected chi connectivity index (χ3v) is 3.17. The van der Waals surface area contributed by atoms with Crippen LogP contribution in [0.25, 0.3) is 10.9 Å². The molecule has 2 aromatic rings. The minimum atomic E-state index is 0.265. The first-order valence-corrected chi connectivity index (χ1v) is 6.45. The van der Waals surface area contributed by atoms with Crippen molar-refractivity contribution in [2.75, 3.05) is 13.2 Å². The van der Waals surface area contributed by atoms with Crippen LogP contribution >= 0.6 is 0 Å². The van der Waals surface area contributed by atoms with Crippen LogP contribution in [0.4, 0.5) is 0 Å². The van der Waals surface area contributed by atoms with Gasteiger partial charge in [-0.1, -0.05) is 25.1 Å². The van der Waals surface area contributed by atoms with Gasteiger partial charge < -0.3 is 10.4 Å². The highest BCUT2D eigenvalue weighted by Gasteiger charge is 2.03. The number of benzene rings is 1. The van der Waals surface area contributed by atoms with Gasteiger partial charge in [0.1, 0.15) is 0 Å². The summed E-state index contributed by atoms with van der Waals surface area (Å²) in [5.74, 6) is 0.503. The lowest BCUT2D eigenvalue weighted by Crippen LogP contribution is -2.21. The Morgan fingerprint density at radius 1 is 1.28 bits per heavy atom. The van der Waals surface area contributed by atoms with Crippen molar-refractivity contribution in [2.45, 2.75) is 19.9 Å². The molecular weight excluding hydrogens is 224 g/mol. The second-order valence-corrected chi connectivity index (χ2v) is 4.74. The second-order valence-electron chi connectivity index (χ2n) is 4.74. The average molecular weight is 244 g/mol. The van der Waals surface area contributed by atoms with E-state index in [-0.39, 0.29) is 6.61 Å². The maximum Gasteiger partial charge on any atom is 0.0705 e. The van der Waals surface area contributed by atoms with Crippen LogP contribution in [0.3, 0.4) is 0 Å². The molecule has 18 heavy (non-hydrogen) atoms. The molecule has 0 spiro atoms. The lowest BCUT2D eigenvalue weighted by molar-refractivity contribution is 0.260. The number of nitrogens with zero attached hydrogens (tertiary/aromatic N) is 1. The van der Waals surface area contributed by atoms with Crippen molar-refractivity contribution in [1.29, 1.82) is 0 Å². The van der Waals surface area contributed by atoms with Crippen LogP contribution in [-0.4, -0.2) is 23.2 Å². The maximum atomic E-state index is 8.86. The van der Waals surface area contributed by atoms with Crippen molar-refractivity contribution in [1.82, 2.24) is 10.3 Å². The van der Waals surface area contributed by atoms with Gasteiger partial charge in [-0.05, 0) is 36.6 Å². The molecule has 1 atom stereocenters. The fourth-order valence-electron chi connectivity index (χ4n) is 2.08. The predicted molar refractivity (Wildman–Crippen MR) is 74.3 cm³/mol. The minimum absolute atomic E-state index is 0.265. The van der Waals surface area contributed by atoms with Gasteiger partial charge in [0.25, 0.3) is 0 Å². The molecule has 0 aliphatic heterocycles. The summed E-state index contributed by atoms with van der Waals surface area (Å²) in [6.45, 7) is 4.19. The highest BCUT2D eigenvalue weighted by Crippen LogP contribution is 2.15. The van der Waals surface area contributed by atoms with Gasteiger partial charge in [-0.2, -0.15) is 0 Å². The number of nitrogens with one attached hydrogen (secondary N) is 1. The summed E-state index contributed by atoms with van der Waals surface area (Å²) in [4.78, 5) is 4.35. The molecule has 1 aromatic carbocycles. The number of pyridine rings is 1. The predicted octanol–water partition coefficient (Wildman–Crippen LogP) is 2.34. The first kappa shape index (κ1) is 13.0. The van der Waals surface area contributed by atoms with E-state index in [4.69, 9.17) is 5.11 Å². The zero-order valence-corrected chi connectivity index (χ0v) is 10.8. The van der Waals surface area contributed by atoms with Crippen molar-refractivity contribution in [3.05, 3.63) is 42.1 Å². The van der Waals surface area contributed by atoms with E-state index in [0.29, 0.717) is 5.92 Å². The summed E-state index contributed by atoms with van der Waals surface area (Å²) >= 11 is 0. The normalized spacial score (nSPS) is 12.8. The van der Waals surface area contributed by atoms with Crippen LogP contribution in [0, 0.1) is 5.92 Å². The third kappa shape index (κ3) is 3.28. The number of hydrogen-bond acceptors (Lipinski definition) is 3. The highest BCUT2D eigenvalue weighted by molar-refractivity contribution is 5.81. The molecule has 0 saturated carbocycles. The van der Waals surface area contributed by atoms with Crippen LogP contribution in [0.2, 0.25) is 0 Å². The number of fused-ring (bicyclic) bond motifs is 1. The summed E-state index contributed by atoms with van der Waals surface area (Å²) in [6.07, 6.45) is 2.71. The first-order valence-electron chi connectivity index (χ1n) is 6.45. The summed E-state index contributed by atoms with van der Waals surface area (Å²) in [5.41, 5.74) is 2.32. The largest absolute Gasteiger partial charge is 0.396 e. The zero-order chi connectivity index (χ0) is 12.8. The Bertz CT molecular complexity index is 493. The lowest BCUT2D eigenvalue weighted by Gasteiger charge is -2.12. The molecule has 3 heteroatoms. The fourth-order valence-corrected chi connectivity index (χ4v) is 2.08. The molecule has 1 unspecified atom stereocenters. The molecule has 0 fully saturated rings. The molecule has 0 aliphatic rings. The summed E-state index contributed by atoms with van der Waals surface area (Å²) in [6, 6.07) is 10.3. The van der Waals surface area contributed by atoms with Gasteiger partial charge in [0, 0.05) is 24.7 Å². The molecule has 0 amide bonds. The zero-order valence-electron chi connectivity index (χ0n) is 10.8. The molecule has 1 aromatic heterocycles. The van der Waals surface area contributed by atoms with E-state index >= 15 is 0 Å². The van der Waals surface area contributed by atoms with E-state index in [1.165, 1.54) is 10.9 Å². The van der Waals surface area contributed by atoms with Gasteiger partial charge in [-0.25, -0.2) is 0 Å². The van der Waals surface area contributed by atoms with Crippen LogP contribution in [0.1, 0.15) is 18.9 Å². The van der Waals surface area contributed by atoms with E-state index in [1.807, 2.05) is 24.4 Å². The van der Waals surface area contributed by atoms with E-state index in [1.54, 1.807) is 0 Å². The van der Waals surface area contributed by atoms with E-state index in [9.17, 15) is 0 Å². The van der Waals surface area contributed by atoms with Crippen molar-refractivity contribution < 1.29 is 5.11 Å². The maximum absolute atomic E-state index is 8.86. The lowest BCUT2D eigenvalue weighted by atomic mass is 10.1. The number of para-hydroxylation sites is 1. The SMILES string of the molecule is CC(CCO)CNCc1ccnc2ccccc12. The summed E-state index contributed by atoms with van der Waals surface area (Å²) < 4.78 is 0. The molecule has 0 aliphatic carbocycles. The van der Waals surface area contributed by atoms with Gasteiger partial charge in [-0.3, -0.25) is 4.98 Å². The Kier molecular flexibility index (Phi) is 4.67. The molecule has 0 bridgehead atoms. The number of aromatic nitrogens is 1. The Morgan fingerprint density at radius 3 is 2.94 bits per heavy atom. The summed E-state index contributed by atoms with van der Waals surface area (Å²) in [5, 5.41) is 13.5. The monoisotopic (exact) mass is 244 g/mol. The summed E-state index contributed by atoms with van der Waals surface area (Å²) in [7, 11) is 0. The molecule has 0 saturated heterocycles. The van der Waals surface area contributed by atoms with E-state index in [2.05, 4.69) is 29.4 Å². The first-order chi connectivity index (χ1) is 8.81. The Morgan fingerprint density at radius 2 is 2.11 bits per heavy atom. The highest BCUT2D eigenvalue weighted by atomic mass is 16.3. The number of aliphatic hydroxyl groups is 1. The molecule has 3 nitrogen and oxygen atoms in total. The number of hydrogen-bond donors (Lipinski definition) is 2. The van der Waals surface area contributed by atoms with E-state index < -0.39 is 0 Å². The Labute approximate surface area is 108 Å². The van der Waals surface area contributed by atoms with Gasteiger partial charge in [-0.15, -0.1) is 0 Å². The van der Waals surface area contributed by atoms with Crippen molar-refractivity contribution >= 4 is 10.9 Å². The van der Waals surface area contributed by atoms with Gasteiger partial charge in [0.15, 0.2) is 0 Å². The average Bonchev–Trinajstić information content (AvgIpc) is 2.39. The van der Waals surface area contributed by atoms with Crippen LogP contribution in [0.5, 0.6) is 0 Å². The molecular formula is C15H20N2O. The molecule has 96 valence electrons. The number of rotatable bonds is 6. The minimum Gasteiger partial charge on any atom is -0.396 e. The van der Waals surface area contributed by atoms with Crippen LogP contribution in [0.15, 0.2) is 36.5 Å². The smallest absolute Gasteiger partial charge is 0.0705 e. The van der Waals surface area contributed by atoms with Crippen LogP contribution in [-0.2, 0) is 6.54 Å². The third-order valence-electron chi connectivity index (χ3n) is 3.17. The standard InChI is InChI=1S/C15H20N2O/c1-12(7-9-18)10-16-11-13-6-8-17-15-5-3-2-4-14(13)15/h2-6,8,12,16,18H,7,9-11H2,1H3. The van der Waals surface area contributed by atoms with Crippen LogP contribution < -0.4 is 5.32 Å². The van der Waals surface area contributed by atoms with Gasteiger partial charge in [0.05, 0.1) is 5.52 Å². The fraction of sp³-hybridized carbons (Fsp3) is 0.400. The van der Waals surface area contributed by atoms with Gasteiger partial charge >= 0.3 is 0 Å². The Balaban J connectivity index is 1.99. The van der Waals surface area contributed by atoms with Crippen molar-refractivity contribution in [3.8, 4) is 0 Å². The van der Waals surface area contributed by atoms with Crippen molar-refractivity contribution in [3.63, 3.8) is 0 Å².